The van der Waals surface area contributed by atoms with Crippen LogP contribution in [0, 0.1) is 5.92 Å². The number of carboxylic acids is 1. The quantitative estimate of drug-likeness (QED) is 0.592. The van der Waals surface area contributed by atoms with E-state index in [1.54, 1.807) is 25.1 Å². The summed E-state index contributed by atoms with van der Waals surface area (Å²) in [6, 6.07) is 10.1. The molecular weight excluding hydrogens is 492 g/mol. The Hall–Kier alpha value is -3.01. The molecule has 0 spiro atoms. The van der Waals surface area contributed by atoms with Crippen LogP contribution in [0.3, 0.4) is 0 Å². The van der Waals surface area contributed by atoms with Crippen LogP contribution in [0.2, 0.25) is 0 Å². The highest BCUT2D eigenvalue weighted by Crippen LogP contribution is 2.42. The molecule has 7 nitrogen and oxygen atoms in total. The van der Waals surface area contributed by atoms with Crippen molar-refractivity contribution >= 4 is 33.7 Å². The zero-order chi connectivity index (χ0) is 23.2. The van der Waals surface area contributed by atoms with Crippen LogP contribution in [0.4, 0.5) is 8.78 Å². The average molecular weight is 510 g/mol. The molecule has 2 heterocycles. The van der Waals surface area contributed by atoms with Gasteiger partial charge in [0.05, 0.1) is 5.92 Å². The molecule has 0 unspecified atom stereocenters. The molecule has 0 saturated carbocycles. The van der Waals surface area contributed by atoms with E-state index in [9.17, 15) is 28.3 Å². The van der Waals surface area contributed by atoms with Crippen LogP contribution in [0.15, 0.2) is 46.9 Å². The van der Waals surface area contributed by atoms with Gasteiger partial charge in [-0.1, -0.05) is 41.1 Å². The Balaban J connectivity index is 1.45. The van der Waals surface area contributed by atoms with E-state index in [0.29, 0.717) is 5.56 Å². The summed E-state index contributed by atoms with van der Waals surface area (Å²) < 4.78 is 36.0. The number of likely N-dealkylation sites (tertiary alicyclic amines) is 1. The van der Waals surface area contributed by atoms with Crippen molar-refractivity contribution in [3.8, 4) is 11.5 Å². The standard InChI is InChI=1S/C22H18BrF2NO6/c1-11(13-5-6-16-17(10-13)32-22(24,25)31-16)7-18(27)26-19(21(29)30)15(20(26)28)9-12-3-2-4-14(23)8-12/h2-6,8,10-11,15,19H,7,9H2,1H3,(H,29,30)/t11-,15+,19-/m0/s1. The molecule has 2 aliphatic rings. The van der Waals surface area contributed by atoms with E-state index in [-0.39, 0.29) is 24.3 Å². The number of ether oxygens (including phenoxy) is 2. The number of imide groups is 1. The molecule has 2 aromatic carbocycles. The predicted molar refractivity (Wildman–Crippen MR) is 110 cm³/mol. The molecule has 2 aromatic rings. The maximum Gasteiger partial charge on any atom is 0.586 e. The van der Waals surface area contributed by atoms with Crippen LogP contribution in [0.25, 0.3) is 0 Å². The van der Waals surface area contributed by atoms with Crippen LogP contribution in [-0.4, -0.2) is 40.1 Å². The summed E-state index contributed by atoms with van der Waals surface area (Å²) >= 11 is 3.34. The van der Waals surface area contributed by atoms with Gasteiger partial charge in [-0.3, -0.25) is 14.5 Å². The molecule has 1 saturated heterocycles. The van der Waals surface area contributed by atoms with Crippen molar-refractivity contribution < 1.29 is 37.7 Å². The van der Waals surface area contributed by atoms with Crippen molar-refractivity contribution in [3.63, 3.8) is 0 Å². The van der Waals surface area contributed by atoms with Crippen molar-refractivity contribution in [2.45, 2.75) is 38.0 Å². The van der Waals surface area contributed by atoms with Crippen LogP contribution in [-0.2, 0) is 20.8 Å². The topological polar surface area (TPSA) is 93.1 Å². The molecule has 1 N–H and O–H groups in total. The lowest BCUT2D eigenvalue weighted by atomic mass is 9.81. The zero-order valence-corrected chi connectivity index (χ0v) is 18.3. The summed E-state index contributed by atoms with van der Waals surface area (Å²) in [5.74, 6) is -4.01. The Labute approximate surface area is 190 Å². The fourth-order valence-electron chi connectivity index (χ4n) is 3.98. The van der Waals surface area contributed by atoms with Gasteiger partial charge in [0, 0.05) is 10.9 Å². The van der Waals surface area contributed by atoms with Gasteiger partial charge in [0.1, 0.15) is 6.04 Å². The van der Waals surface area contributed by atoms with E-state index in [2.05, 4.69) is 25.4 Å². The highest BCUT2D eigenvalue weighted by atomic mass is 79.9. The molecule has 3 atom stereocenters. The maximum absolute atomic E-state index is 13.2. The number of carbonyl (C=O) groups excluding carboxylic acids is 2. The summed E-state index contributed by atoms with van der Waals surface area (Å²) in [7, 11) is 0. The van der Waals surface area contributed by atoms with E-state index in [4.69, 9.17) is 0 Å². The number of hydrogen-bond acceptors (Lipinski definition) is 5. The number of halogens is 3. The first-order valence-electron chi connectivity index (χ1n) is 9.78. The minimum Gasteiger partial charge on any atom is -0.480 e. The number of hydrogen-bond donors (Lipinski definition) is 1. The number of rotatable bonds is 6. The third-order valence-corrected chi connectivity index (χ3v) is 6.05. The minimum absolute atomic E-state index is 0.114. The molecule has 0 radical (unpaired) electrons. The van der Waals surface area contributed by atoms with Crippen molar-refractivity contribution in [1.29, 1.82) is 0 Å². The summed E-state index contributed by atoms with van der Waals surface area (Å²) in [5, 5.41) is 9.62. The molecule has 32 heavy (non-hydrogen) atoms. The van der Waals surface area contributed by atoms with E-state index < -0.39 is 42.0 Å². The summed E-state index contributed by atoms with van der Waals surface area (Å²) in [6.07, 6.45) is -3.72. The number of benzene rings is 2. The number of fused-ring (bicyclic) bond motifs is 1. The summed E-state index contributed by atoms with van der Waals surface area (Å²) in [4.78, 5) is 38.0. The van der Waals surface area contributed by atoms with Gasteiger partial charge in [0.15, 0.2) is 11.5 Å². The number of nitrogens with zero attached hydrogens (tertiary/aromatic N) is 1. The molecule has 0 bridgehead atoms. The third kappa shape index (κ3) is 4.19. The van der Waals surface area contributed by atoms with Crippen molar-refractivity contribution in [3.05, 3.63) is 58.1 Å². The van der Waals surface area contributed by atoms with Gasteiger partial charge in [-0.15, -0.1) is 8.78 Å². The molecular formula is C22H18BrF2NO6. The first-order valence-corrected chi connectivity index (χ1v) is 10.6. The molecule has 2 amide bonds. The van der Waals surface area contributed by atoms with Crippen LogP contribution < -0.4 is 9.47 Å². The second-order valence-electron chi connectivity index (χ2n) is 7.80. The van der Waals surface area contributed by atoms with Crippen molar-refractivity contribution in [2.75, 3.05) is 0 Å². The molecule has 0 aromatic heterocycles. The largest absolute Gasteiger partial charge is 0.586 e. The van der Waals surface area contributed by atoms with Crippen LogP contribution in [0.5, 0.6) is 11.5 Å². The summed E-state index contributed by atoms with van der Waals surface area (Å²) in [6.45, 7) is 1.67. The highest BCUT2D eigenvalue weighted by molar-refractivity contribution is 9.10. The fourth-order valence-corrected chi connectivity index (χ4v) is 4.42. The van der Waals surface area contributed by atoms with E-state index in [1.807, 2.05) is 6.07 Å². The van der Waals surface area contributed by atoms with E-state index in [0.717, 1.165) is 14.9 Å². The molecule has 4 rings (SSSR count). The van der Waals surface area contributed by atoms with Gasteiger partial charge in [-0.2, -0.15) is 0 Å². The number of amides is 2. The first-order chi connectivity index (χ1) is 15.1. The van der Waals surface area contributed by atoms with E-state index >= 15 is 0 Å². The molecule has 10 heteroatoms. The summed E-state index contributed by atoms with van der Waals surface area (Å²) in [5.41, 5.74) is 1.30. The maximum atomic E-state index is 13.2. The predicted octanol–water partition coefficient (Wildman–Crippen LogP) is 3.95. The Morgan fingerprint density at radius 3 is 2.59 bits per heavy atom. The second kappa shape index (κ2) is 8.16. The van der Waals surface area contributed by atoms with Gasteiger partial charge < -0.3 is 14.6 Å². The van der Waals surface area contributed by atoms with Gasteiger partial charge in [-0.25, -0.2) is 4.79 Å². The highest BCUT2D eigenvalue weighted by Gasteiger charge is 2.54. The van der Waals surface area contributed by atoms with Gasteiger partial charge >= 0.3 is 12.3 Å². The van der Waals surface area contributed by atoms with Crippen LogP contribution in [0.1, 0.15) is 30.4 Å². The lowest BCUT2D eigenvalue weighted by Crippen LogP contribution is -2.66. The Kier molecular flexibility index (Phi) is 5.66. The average Bonchev–Trinajstić information content (AvgIpc) is 3.02. The lowest BCUT2D eigenvalue weighted by Gasteiger charge is -2.43. The van der Waals surface area contributed by atoms with Crippen molar-refractivity contribution in [1.82, 2.24) is 4.90 Å². The van der Waals surface area contributed by atoms with E-state index in [1.165, 1.54) is 18.2 Å². The Bertz CT molecular complexity index is 1110. The SMILES string of the molecule is C[C@@H](CC(=O)N1C(=O)[C@H](Cc2cccc(Br)c2)[C@H]1C(=O)O)c1ccc2c(c1)OC(F)(F)O2. The number of β-lactam (4-membered cyclic amide) rings is 1. The van der Waals surface area contributed by atoms with Gasteiger partial charge in [-0.05, 0) is 47.7 Å². The number of carboxylic acid groups (broad SMARTS) is 1. The number of aliphatic carboxylic acids is 1. The second-order valence-corrected chi connectivity index (χ2v) is 8.72. The fraction of sp³-hybridized carbons (Fsp3) is 0.318. The molecule has 2 aliphatic heterocycles. The Morgan fingerprint density at radius 1 is 1.19 bits per heavy atom. The lowest BCUT2D eigenvalue weighted by molar-refractivity contribution is -0.286. The van der Waals surface area contributed by atoms with Gasteiger partial charge in [0.2, 0.25) is 11.8 Å². The molecule has 1 fully saturated rings. The smallest absolute Gasteiger partial charge is 0.480 e. The Morgan fingerprint density at radius 2 is 1.91 bits per heavy atom. The van der Waals surface area contributed by atoms with Gasteiger partial charge in [0.25, 0.3) is 0 Å². The zero-order valence-electron chi connectivity index (χ0n) is 16.8. The third-order valence-electron chi connectivity index (χ3n) is 5.56. The number of carbonyl (C=O) groups is 3. The van der Waals surface area contributed by atoms with Crippen molar-refractivity contribution in [2.24, 2.45) is 5.92 Å². The monoisotopic (exact) mass is 509 g/mol. The number of alkyl halides is 2. The molecule has 0 aliphatic carbocycles. The normalized spacial score (nSPS) is 21.8. The first kappa shape index (κ1) is 22.2. The van der Waals surface area contributed by atoms with Crippen LogP contribution >= 0.6 is 15.9 Å². The molecule has 168 valence electrons. The minimum atomic E-state index is -3.75.